The summed E-state index contributed by atoms with van der Waals surface area (Å²) in [7, 11) is 0. The van der Waals surface area contributed by atoms with Gasteiger partial charge in [-0.1, -0.05) is 78.9 Å². The normalized spacial score (nSPS) is 11.9. The average Bonchev–Trinajstić information content (AvgIpc) is 3.70. The molecule has 4 heteroatoms. The quantitative estimate of drug-likeness (QED) is 0.211. The van der Waals surface area contributed by atoms with E-state index >= 15 is 0 Å². The second kappa shape index (κ2) is 8.11. The van der Waals surface area contributed by atoms with E-state index in [2.05, 4.69) is 94.3 Å². The Kier molecular flexibility index (Phi) is 4.37. The molecule has 41 heavy (non-hydrogen) atoms. The molecule has 190 valence electrons. The van der Waals surface area contributed by atoms with Crippen LogP contribution in [0.1, 0.15) is 0 Å². The summed E-state index contributed by atoms with van der Waals surface area (Å²) in [5, 5.41) is 6.42. The summed E-state index contributed by atoms with van der Waals surface area (Å²) in [6.45, 7) is 8.07. The van der Waals surface area contributed by atoms with Gasteiger partial charge in [0.2, 0.25) is 5.69 Å². The number of benzene rings is 6. The third-order valence-electron chi connectivity index (χ3n) is 8.21. The van der Waals surface area contributed by atoms with E-state index in [1.54, 1.807) is 0 Å². The number of hydrogen-bond donors (Lipinski definition) is 0. The Morgan fingerprint density at radius 1 is 0.537 bits per heavy atom. The molecular formula is C37H20N2O2. The van der Waals surface area contributed by atoms with Crippen molar-refractivity contribution in [2.75, 3.05) is 0 Å². The summed E-state index contributed by atoms with van der Waals surface area (Å²) >= 11 is 0. The minimum Gasteiger partial charge on any atom is -0.465 e. The summed E-state index contributed by atoms with van der Waals surface area (Å²) in [6.07, 6.45) is 0. The summed E-state index contributed by atoms with van der Waals surface area (Å²) in [6, 6.07) is 41.5. The van der Waals surface area contributed by atoms with Gasteiger partial charge in [-0.05, 0) is 53.6 Å². The lowest BCUT2D eigenvalue weighted by Crippen LogP contribution is -1.93. The van der Waals surface area contributed by atoms with Crippen LogP contribution < -0.4 is 0 Å². The van der Waals surface area contributed by atoms with E-state index in [9.17, 15) is 0 Å². The van der Waals surface area contributed by atoms with E-state index in [1.165, 1.54) is 10.8 Å². The van der Waals surface area contributed by atoms with Gasteiger partial charge in [0.05, 0.1) is 23.3 Å². The number of rotatable bonds is 2. The highest BCUT2D eigenvalue weighted by Crippen LogP contribution is 2.44. The second-order valence-corrected chi connectivity index (χ2v) is 10.4. The molecule has 0 amide bonds. The van der Waals surface area contributed by atoms with Crippen molar-refractivity contribution in [3.63, 3.8) is 0 Å². The van der Waals surface area contributed by atoms with Gasteiger partial charge < -0.3 is 13.4 Å². The Hall–Kier alpha value is -5.79. The molecule has 0 saturated carbocycles. The van der Waals surface area contributed by atoms with Crippen LogP contribution in [0.5, 0.6) is 0 Å². The number of nitrogens with zero attached hydrogens (tertiary/aromatic N) is 2. The van der Waals surface area contributed by atoms with Crippen molar-refractivity contribution in [3.8, 4) is 16.8 Å². The first kappa shape index (κ1) is 22.1. The molecular weight excluding hydrogens is 504 g/mol. The van der Waals surface area contributed by atoms with Gasteiger partial charge in [0.15, 0.2) is 5.58 Å². The molecule has 0 unspecified atom stereocenters. The van der Waals surface area contributed by atoms with Gasteiger partial charge in [-0.2, -0.15) is 0 Å². The fourth-order valence-electron chi connectivity index (χ4n) is 6.48. The van der Waals surface area contributed by atoms with Crippen LogP contribution in [0.15, 0.2) is 130 Å². The molecule has 3 aromatic heterocycles. The molecule has 0 aliphatic carbocycles. The van der Waals surface area contributed by atoms with Crippen LogP contribution in [0.2, 0.25) is 0 Å². The fraction of sp³-hybridized carbons (Fsp3) is 0. The Balaban J connectivity index is 1.37. The average molecular weight is 525 g/mol. The summed E-state index contributed by atoms with van der Waals surface area (Å²) in [5.74, 6) is 0. The molecule has 3 heterocycles. The highest BCUT2D eigenvalue weighted by atomic mass is 16.3. The van der Waals surface area contributed by atoms with Crippen molar-refractivity contribution < 1.29 is 8.83 Å². The van der Waals surface area contributed by atoms with Gasteiger partial charge in [-0.3, -0.25) is 0 Å². The molecule has 0 fully saturated rings. The third kappa shape index (κ3) is 2.98. The number of para-hydroxylation sites is 4. The van der Waals surface area contributed by atoms with E-state index in [1.807, 2.05) is 36.4 Å². The van der Waals surface area contributed by atoms with Crippen LogP contribution in [-0.2, 0) is 0 Å². The van der Waals surface area contributed by atoms with Crippen LogP contribution in [0, 0.1) is 6.57 Å². The summed E-state index contributed by atoms with van der Waals surface area (Å²) in [4.78, 5) is 3.93. The van der Waals surface area contributed by atoms with Crippen molar-refractivity contribution in [2.24, 2.45) is 0 Å². The first-order valence-electron chi connectivity index (χ1n) is 13.6. The second-order valence-electron chi connectivity index (χ2n) is 10.4. The number of aromatic nitrogens is 1. The molecule has 0 N–H and O–H groups in total. The lowest BCUT2D eigenvalue weighted by Gasteiger charge is -2.08. The Morgan fingerprint density at radius 3 is 1.98 bits per heavy atom. The maximum Gasteiger partial charge on any atom is 0.230 e. The zero-order chi connectivity index (χ0) is 27.1. The van der Waals surface area contributed by atoms with E-state index in [4.69, 9.17) is 15.4 Å². The van der Waals surface area contributed by atoms with Gasteiger partial charge in [0.25, 0.3) is 0 Å². The number of furan rings is 2. The topological polar surface area (TPSA) is 35.6 Å². The van der Waals surface area contributed by atoms with Crippen LogP contribution in [-0.4, -0.2) is 4.57 Å². The first-order chi connectivity index (χ1) is 20.3. The molecule has 0 spiro atoms. The van der Waals surface area contributed by atoms with E-state index in [0.29, 0.717) is 11.3 Å². The monoisotopic (exact) mass is 524 g/mol. The fourth-order valence-corrected chi connectivity index (χ4v) is 6.48. The highest BCUT2D eigenvalue weighted by Gasteiger charge is 2.20. The lowest BCUT2D eigenvalue weighted by molar-refractivity contribution is 0.668. The molecule has 9 rings (SSSR count). The van der Waals surface area contributed by atoms with Crippen molar-refractivity contribution in [1.82, 2.24) is 4.57 Å². The molecule has 0 bridgehead atoms. The Morgan fingerprint density at radius 2 is 1.20 bits per heavy atom. The molecule has 0 saturated heterocycles. The van der Waals surface area contributed by atoms with Gasteiger partial charge in [-0.15, -0.1) is 0 Å². The lowest BCUT2D eigenvalue weighted by atomic mass is 9.97. The highest BCUT2D eigenvalue weighted by molar-refractivity contribution is 6.17. The van der Waals surface area contributed by atoms with Crippen molar-refractivity contribution in [1.29, 1.82) is 0 Å². The smallest absolute Gasteiger partial charge is 0.230 e. The predicted octanol–water partition coefficient (Wildman–Crippen LogP) is 10.8. The molecule has 9 aromatic rings. The van der Waals surface area contributed by atoms with Gasteiger partial charge >= 0.3 is 0 Å². The Labute approximate surface area is 234 Å². The number of hydrogen-bond acceptors (Lipinski definition) is 2. The maximum atomic E-state index is 8.07. The maximum absolute atomic E-state index is 8.07. The van der Waals surface area contributed by atoms with Crippen molar-refractivity contribution in [2.45, 2.75) is 0 Å². The standard InChI is InChI=1S/C37H20N2O2/c1-38-29-21-22(23-13-9-19-34-35(23)27-12-4-7-18-33(27)40-34)20-28-26-14-8-17-32(37(26)41-36(28)29)39-30-15-5-2-10-24(30)25-11-3-6-16-31(25)39/h2-21H. The molecule has 0 atom stereocenters. The SMILES string of the molecule is [C-]#[N+]c1cc(-c2cccc3oc4ccccc4c23)cc2c1oc1c(-n3c4ccccc4c4ccccc43)cccc12. The van der Waals surface area contributed by atoms with Crippen LogP contribution in [0.25, 0.3) is 87.3 Å². The molecule has 0 aliphatic rings. The third-order valence-corrected chi connectivity index (χ3v) is 8.21. The largest absolute Gasteiger partial charge is 0.465 e. The van der Waals surface area contributed by atoms with Gasteiger partial charge in [-0.25, -0.2) is 4.85 Å². The molecule has 0 aliphatic heterocycles. The van der Waals surface area contributed by atoms with E-state index in [0.717, 1.165) is 66.1 Å². The van der Waals surface area contributed by atoms with Gasteiger partial charge in [0, 0.05) is 32.3 Å². The van der Waals surface area contributed by atoms with Crippen molar-refractivity contribution >= 4 is 71.4 Å². The summed E-state index contributed by atoms with van der Waals surface area (Å²) < 4.78 is 15.0. The van der Waals surface area contributed by atoms with Crippen LogP contribution >= 0.6 is 0 Å². The van der Waals surface area contributed by atoms with Crippen LogP contribution in [0.4, 0.5) is 5.69 Å². The van der Waals surface area contributed by atoms with Gasteiger partial charge in [0.1, 0.15) is 16.7 Å². The first-order valence-corrected chi connectivity index (χ1v) is 13.6. The molecule has 4 nitrogen and oxygen atoms in total. The number of fused-ring (bicyclic) bond motifs is 9. The molecule has 0 radical (unpaired) electrons. The van der Waals surface area contributed by atoms with Crippen molar-refractivity contribution in [3.05, 3.63) is 133 Å². The minimum atomic E-state index is 0.492. The van der Waals surface area contributed by atoms with Crippen LogP contribution in [0.3, 0.4) is 0 Å². The molecule has 6 aromatic carbocycles. The Bertz CT molecular complexity index is 2500. The summed E-state index contributed by atoms with van der Waals surface area (Å²) in [5.41, 5.74) is 8.74. The zero-order valence-corrected chi connectivity index (χ0v) is 21.8. The van der Waals surface area contributed by atoms with E-state index < -0.39 is 0 Å². The zero-order valence-electron chi connectivity index (χ0n) is 21.8. The van der Waals surface area contributed by atoms with E-state index in [-0.39, 0.29) is 0 Å². The minimum absolute atomic E-state index is 0.492. The predicted molar refractivity (Wildman–Crippen MR) is 167 cm³/mol.